The van der Waals surface area contributed by atoms with Crippen molar-refractivity contribution in [3.05, 3.63) is 35.9 Å². The van der Waals surface area contributed by atoms with Crippen LogP contribution in [-0.4, -0.2) is 71.4 Å². The normalized spacial score (nSPS) is 16.0. The summed E-state index contributed by atoms with van der Waals surface area (Å²) in [5.41, 5.74) is 15.8. The van der Waals surface area contributed by atoms with Gasteiger partial charge in [-0.1, -0.05) is 59.0 Å². The predicted molar refractivity (Wildman–Crippen MR) is 163 cm³/mol. The van der Waals surface area contributed by atoms with E-state index in [2.05, 4.69) is 31.8 Å². The molecule has 1 aromatic carbocycles. The Bertz CT molecular complexity index is 1050. The van der Waals surface area contributed by atoms with Gasteiger partial charge in [-0.3, -0.25) is 39.8 Å². The zero-order valence-corrected chi connectivity index (χ0v) is 23.3. The highest BCUT2D eigenvalue weighted by atomic mass is 35.5. The number of aliphatic hydroxyl groups excluding tert-OH is 1. The van der Waals surface area contributed by atoms with E-state index in [0.29, 0.717) is 6.42 Å². The van der Waals surface area contributed by atoms with Gasteiger partial charge in [0.2, 0.25) is 23.6 Å². The van der Waals surface area contributed by atoms with Crippen LogP contribution in [0, 0.1) is 5.92 Å². The molecule has 1 fully saturated rings. The van der Waals surface area contributed by atoms with Crippen molar-refractivity contribution in [2.75, 3.05) is 6.54 Å². The number of aliphatic imine (C=N–C) groups is 1. The van der Waals surface area contributed by atoms with Crippen LogP contribution < -0.4 is 38.3 Å². The van der Waals surface area contributed by atoms with E-state index in [1.54, 1.807) is 24.3 Å². The van der Waals surface area contributed by atoms with Crippen molar-refractivity contribution in [3.8, 4) is 0 Å². The minimum absolute atomic E-state index is 0. The fourth-order valence-electron chi connectivity index (χ4n) is 3.88. The number of nitrogens with zero attached hydrogens (tertiary/aromatic N) is 1. The lowest BCUT2D eigenvalue weighted by molar-refractivity contribution is -0.139. The van der Waals surface area contributed by atoms with Gasteiger partial charge in [0.25, 0.3) is 5.91 Å². The van der Waals surface area contributed by atoms with Crippen molar-refractivity contribution in [1.82, 2.24) is 26.8 Å². The van der Waals surface area contributed by atoms with Crippen LogP contribution in [0.25, 0.3) is 0 Å². The van der Waals surface area contributed by atoms with E-state index < -0.39 is 53.8 Å². The first-order valence-corrected chi connectivity index (χ1v) is 12.7. The van der Waals surface area contributed by atoms with Gasteiger partial charge in [0.05, 0.1) is 6.42 Å². The molecule has 42 heavy (non-hydrogen) atoms. The van der Waals surface area contributed by atoms with Gasteiger partial charge in [0.1, 0.15) is 24.2 Å². The minimum atomic E-state index is -1.38. The minimum Gasteiger partial charge on any atom is -0.383 e. The summed E-state index contributed by atoms with van der Waals surface area (Å²) < 4.78 is 0. The first-order valence-electron chi connectivity index (χ1n) is 12.7. The lowest BCUT2D eigenvalue weighted by Crippen LogP contribution is -2.62. The average molecular weight is 615 g/mol. The van der Waals surface area contributed by atoms with Crippen LogP contribution >= 0.6 is 12.4 Å². The molecule has 0 spiro atoms. The summed E-state index contributed by atoms with van der Waals surface area (Å²) in [6.45, 7) is 3.91. The second kappa shape index (κ2) is 20.0. The first-order chi connectivity index (χ1) is 18.5. The molecule has 0 radical (unpaired) electrons. The van der Waals surface area contributed by atoms with Crippen LogP contribution in [0.4, 0.5) is 0 Å². The van der Waals surface area contributed by atoms with Crippen molar-refractivity contribution < 1.29 is 29.1 Å². The van der Waals surface area contributed by atoms with Crippen LogP contribution in [-0.2, 0) is 30.4 Å². The number of halogens is 1. The molecule has 238 valence electrons. The van der Waals surface area contributed by atoms with Gasteiger partial charge in [-0.05, 0) is 30.7 Å². The van der Waals surface area contributed by atoms with Crippen LogP contribution in [0.2, 0.25) is 0 Å². The van der Waals surface area contributed by atoms with E-state index >= 15 is 0 Å². The number of hydrazine groups is 1. The van der Waals surface area contributed by atoms with Crippen LogP contribution in [0.3, 0.4) is 0 Å². The number of carbonyl (C=O) groups is 5. The van der Waals surface area contributed by atoms with Gasteiger partial charge in [0, 0.05) is 13.0 Å². The smallest absolute Gasteiger partial charge is 0.261 e. The van der Waals surface area contributed by atoms with E-state index in [-0.39, 0.29) is 71.4 Å². The van der Waals surface area contributed by atoms with E-state index in [0.717, 1.165) is 5.56 Å². The average Bonchev–Trinajstić information content (AvgIpc) is 2.87. The standard InChI is InChI=1S/C25H38N8O6.2CH4.ClH/c1-14(2)11-17(31-24(39)19(34)12-15-7-4-3-5-8-15)22(37)29-16(9-6-10-28-25(26)27)21(36)30-18-13-20(35)32-33-23(18)38;;;/h3-5,7-8,14,16-19,34H,6,9-13H2,1-2H3,(H,29,37)(H,30,36)(H,31,39)(H,32,35)(H,33,38)(H4,26,27,28);2*1H4;1H/t16-,17-,18-,19-;;;/m0.../s1. The Morgan fingerprint density at radius 2 is 1.62 bits per heavy atom. The van der Waals surface area contributed by atoms with Gasteiger partial charge in [-0.25, -0.2) is 0 Å². The van der Waals surface area contributed by atoms with E-state index in [4.69, 9.17) is 11.5 Å². The Labute approximate surface area is 253 Å². The summed E-state index contributed by atoms with van der Waals surface area (Å²) in [6, 6.07) is 5.66. The molecule has 1 aliphatic rings. The molecular weight excluding hydrogens is 568 g/mol. The second-order valence-corrected chi connectivity index (χ2v) is 9.71. The molecule has 0 unspecified atom stereocenters. The third kappa shape index (κ3) is 14.1. The molecule has 0 aromatic heterocycles. The molecule has 1 heterocycles. The number of nitrogens with two attached hydrogens (primary N) is 2. The predicted octanol–water partition coefficient (Wildman–Crippen LogP) is -0.611. The number of guanidine groups is 1. The van der Waals surface area contributed by atoms with Crippen molar-refractivity contribution in [2.24, 2.45) is 22.4 Å². The molecule has 0 saturated carbocycles. The van der Waals surface area contributed by atoms with Crippen LogP contribution in [0.5, 0.6) is 0 Å². The summed E-state index contributed by atoms with van der Waals surface area (Å²) >= 11 is 0. The van der Waals surface area contributed by atoms with Gasteiger partial charge in [0.15, 0.2) is 5.96 Å². The molecule has 1 aromatic rings. The fourth-order valence-corrected chi connectivity index (χ4v) is 3.88. The van der Waals surface area contributed by atoms with E-state index in [1.165, 1.54) is 0 Å². The zero-order valence-electron chi connectivity index (χ0n) is 22.5. The number of hydrogen-bond acceptors (Lipinski definition) is 7. The molecular formula is C27H47ClN8O6. The molecule has 4 atom stereocenters. The topological polar surface area (TPSA) is 230 Å². The molecule has 1 saturated heterocycles. The SMILES string of the molecule is C.C.CC(C)C[C@H](NC(=O)[C@@H](O)Cc1ccccc1)C(=O)N[C@@H](CCCN=C(N)N)C(=O)N[C@H]1CC(=O)NNC1=O.Cl. The third-order valence-electron chi connectivity index (χ3n) is 5.84. The monoisotopic (exact) mass is 614 g/mol. The second-order valence-electron chi connectivity index (χ2n) is 9.71. The molecule has 14 nitrogen and oxygen atoms in total. The highest BCUT2D eigenvalue weighted by molar-refractivity contribution is 5.98. The molecule has 0 aliphatic carbocycles. The van der Waals surface area contributed by atoms with E-state index in [9.17, 15) is 29.1 Å². The van der Waals surface area contributed by atoms with E-state index in [1.807, 2.05) is 19.9 Å². The van der Waals surface area contributed by atoms with Crippen molar-refractivity contribution in [3.63, 3.8) is 0 Å². The number of aliphatic hydroxyl groups is 1. The summed E-state index contributed by atoms with van der Waals surface area (Å²) in [7, 11) is 0. The maximum absolute atomic E-state index is 13.3. The largest absolute Gasteiger partial charge is 0.383 e. The highest BCUT2D eigenvalue weighted by Gasteiger charge is 2.33. The summed E-state index contributed by atoms with van der Waals surface area (Å²) in [6.07, 6.45) is -0.932. The Morgan fingerprint density at radius 3 is 2.21 bits per heavy atom. The number of carbonyl (C=O) groups excluding carboxylic acids is 5. The van der Waals surface area contributed by atoms with Gasteiger partial charge in [-0.15, -0.1) is 12.4 Å². The number of benzene rings is 1. The number of amides is 5. The Balaban J connectivity index is 0. The van der Waals surface area contributed by atoms with Gasteiger partial charge < -0.3 is 32.5 Å². The van der Waals surface area contributed by atoms with Gasteiger partial charge in [-0.2, -0.15) is 0 Å². The summed E-state index contributed by atoms with van der Waals surface area (Å²) in [4.78, 5) is 66.6. The first kappa shape index (κ1) is 40.2. The van der Waals surface area contributed by atoms with Crippen LogP contribution in [0.1, 0.15) is 59.9 Å². The van der Waals surface area contributed by atoms with Crippen LogP contribution in [0.15, 0.2) is 35.3 Å². The molecule has 2 rings (SSSR count). The molecule has 5 amide bonds. The maximum atomic E-state index is 13.3. The van der Waals surface area contributed by atoms with Crippen molar-refractivity contribution in [1.29, 1.82) is 0 Å². The summed E-state index contributed by atoms with van der Waals surface area (Å²) in [5.74, 6) is -3.28. The summed E-state index contributed by atoms with van der Waals surface area (Å²) in [5, 5.41) is 18.1. The number of hydrogen-bond donors (Lipinski definition) is 8. The Morgan fingerprint density at radius 1 is 1.00 bits per heavy atom. The quantitative estimate of drug-likeness (QED) is 0.0763. The lowest BCUT2D eigenvalue weighted by atomic mass is 10.0. The highest BCUT2D eigenvalue weighted by Crippen LogP contribution is 2.10. The maximum Gasteiger partial charge on any atom is 0.261 e. The Hall–Kier alpha value is -3.91. The molecule has 10 N–H and O–H groups in total. The number of nitrogens with one attached hydrogen (secondary N) is 5. The van der Waals surface area contributed by atoms with Crippen molar-refractivity contribution >= 4 is 47.9 Å². The van der Waals surface area contributed by atoms with Gasteiger partial charge >= 0.3 is 0 Å². The number of rotatable bonds is 14. The Kier molecular flexibility index (Phi) is 19.2. The lowest BCUT2D eigenvalue weighted by Gasteiger charge is -2.27. The fraction of sp³-hybridized carbons (Fsp3) is 0.556. The molecule has 0 bridgehead atoms. The molecule has 15 heteroatoms. The third-order valence-corrected chi connectivity index (χ3v) is 5.84. The molecule has 1 aliphatic heterocycles. The van der Waals surface area contributed by atoms with Crippen molar-refractivity contribution in [2.45, 2.75) is 85.0 Å². The zero-order chi connectivity index (χ0) is 28.9.